The van der Waals surface area contributed by atoms with E-state index in [1.165, 1.54) is 19.1 Å². The number of amides is 1. The van der Waals surface area contributed by atoms with E-state index < -0.39 is 21.0 Å². The predicted molar refractivity (Wildman–Crippen MR) is 80.5 cm³/mol. The molecule has 22 heavy (non-hydrogen) atoms. The summed E-state index contributed by atoms with van der Waals surface area (Å²) < 4.78 is 42.5. The number of rotatable bonds is 6. The molecule has 0 spiro atoms. The number of nitrogens with one attached hydrogen (secondary N) is 1. The highest BCUT2D eigenvalue weighted by Gasteiger charge is 2.32. The molecule has 0 saturated carbocycles. The highest BCUT2D eigenvalue weighted by molar-refractivity contribution is 7.92. The zero-order valence-corrected chi connectivity index (χ0v) is 13.2. The van der Waals surface area contributed by atoms with Crippen LogP contribution >= 0.6 is 0 Å². The number of hydrogen-bond acceptors (Lipinski definition) is 4. The van der Waals surface area contributed by atoms with E-state index in [2.05, 4.69) is 5.32 Å². The number of halogens is 1. The van der Waals surface area contributed by atoms with Crippen molar-refractivity contribution in [3.63, 3.8) is 0 Å². The van der Waals surface area contributed by atoms with E-state index in [9.17, 15) is 17.6 Å². The summed E-state index contributed by atoms with van der Waals surface area (Å²) in [5, 5.41) is 1.44. The van der Waals surface area contributed by atoms with Gasteiger partial charge in [0.15, 0.2) is 9.84 Å². The summed E-state index contributed by atoms with van der Waals surface area (Å²) in [6.07, 6.45) is 1.26. The molecule has 1 N–H and O–H groups in total. The first-order chi connectivity index (χ1) is 10.4. The fraction of sp³-hybridized carbons (Fsp3) is 0.533. The minimum Gasteiger partial charge on any atom is -0.377 e. The summed E-state index contributed by atoms with van der Waals surface area (Å²) in [7, 11) is -3.55. The summed E-state index contributed by atoms with van der Waals surface area (Å²) >= 11 is 0. The third-order valence-corrected chi connectivity index (χ3v) is 5.86. The second-order valence-electron chi connectivity index (χ2n) is 5.45. The molecule has 2 rings (SSSR count). The number of carbonyl (C=O) groups excluding carboxylic acids is 1. The smallest absolute Gasteiger partial charge is 0.238 e. The largest absolute Gasteiger partial charge is 0.377 e. The van der Waals surface area contributed by atoms with E-state index in [4.69, 9.17) is 4.74 Å². The molecule has 0 aliphatic carbocycles. The monoisotopic (exact) mass is 329 g/mol. The van der Waals surface area contributed by atoms with Crippen LogP contribution < -0.4 is 5.32 Å². The van der Waals surface area contributed by atoms with Gasteiger partial charge in [-0.3, -0.25) is 4.79 Å². The molecule has 7 heteroatoms. The van der Waals surface area contributed by atoms with Crippen LogP contribution in [-0.2, 0) is 25.9 Å². The molecule has 1 saturated heterocycles. The highest BCUT2D eigenvalue weighted by atomic mass is 32.2. The van der Waals surface area contributed by atoms with Gasteiger partial charge in [-0.15, -0.1) is 0 Å². The van der Waals surface area contributed by atoms with Gasteiger partial charge >= 0.3 is 0 Å². The fourth-order valence-electron chi connectivity index (χ4n) is 2.28. The van der Waals surface area contributed by atoms with Gasteiger partial charge in [-0.05, 0) is 37.5 Å². The second kappa shape index (κ2) is 7.19. The molecular formula is C15H20FNO4S. The number of sulfone groups is 1. The Labute approximate surface area is 129 Å². The van der Waals surface area contributed by atoms with E-state index in [-0.39, 0.29) is 24.2 Å². The molecule has 0 radical (unpaired) electrons. The third-order valence-electron chi connectivity index (χ3n) is 3.73. The Balaban J connectivity index is 1.88. The normalized spacial score (nSPS) is 19.8. The van der Waals surface area contributed by atoms with Crippen LogP contribution in [0.3, 0.4) is 0 Å². The van der Waals surface area contributed by atoms with Crippen LogP contribution in [0.5, 0.6) is 0 Å². The number of benzene rings is 1. The van der Waals surface area contributed by atoms with Crippen molar-refractivity contribution in [2.24, 2.45) is 0 Å². The number of carbonyl (C=O) groups is 1. The van der Waals surface area contributed by atoms with Crippen LogP contribution in [0.4, 0.5) is 4.39 Å². The predicted octanol–water partition coefficient (Wildman–Crippen LogP) is 1.42. The van der Waals surface area contributed by atoms with Gasteiger partial charge in [0.1, 0.15) is 11.1 Å². The van der Waals surface area contributed by atoms with Gasteiger partial charge in [-0.2, -0.15) is 0 Å². The maximum Gasteiger partial charge on any atom is 0.238 e. The Morgan fingerprint density at radius 3 is 2.68 bits per heavy atom. The van der Waals surface area contributed by atoms with Crippen LogP contribution in [-0.4, -0.2) is 38.0 Å². The molecule has 1 fully saturated rings. The lowest BCUT2D eigenvalue weighted by Crippen LogP contribution is -2.40. The number of ether oxygens (including phenoxy) is 1. The van der Waals surface area contributed by atoms with Crippen LogP contribution in [0.25, 0.3) is 0 Å². The molecule has 1 amide bonds. The fourth-order valence-corrected chi connectivity index (χ4v) is 3.76. The first-order valence-electron chi connectivity index (χ1n) is 7.24. The molecule has 1 aliphatic heterocycles. The van der Waals surface area contributed by atoms with Gasteiger partial charge in [0.2, 0.25) is 5.91 Å². The molecule has 2 atom stereocenters. The van der Waals surface area contributed by atoms with Crippen LogP contribution in [0.1, 0.15) is 25.3 Å². The molecular weight excluding hydrogens is 309 g/mol. The van der Waals surface area contributed by atoms with E-state index in [1.807, 2.05) is 0 Å². The van der Waals surface area contributed by atoms with Gasteiger partial charge in [0.25, 0.3) is 0 Å². The zero-order chi connectivity index (χ0) is 16.2. The van der Waals surface area contributed by atoms with Gasteiger partial charge in [-0.25, -0.2) is 12.8 Å². The first-order valence-corrected chi connectivity index (χ1v) is 8.95. The average molecular weight is 329 g/mol. The molecule has 1 heterocycles. The van der Waals surface area contributed by atoms with Crippen LogP contribution in [0, 0.1) is 5.82 Å². The lowest BCUT2D eigenvalue weighted by atomic mass is 10.2. The van der Waals surface area contributed by atoms with E-state index in [1.54, 1.807) is 12.1 Å². The van der Waals surface area contributed by atoms with Crippen molar-refractivity contribution in [2.75, 3.05) is 12.4 Å². The van der Waals surface area contributed by atoms with Crippen molar-refractivity contribution in [2.45, 2.75) is 37.7 Å². The lowest BCUT2D eigenvalue weighted by molar-refractivity contribution is -0.120. The quantitative estimate of drug-likeness (QED) is 0.857. The highest BCUT2D eigenvalue weighted by Crippen LogP contribution is 2.16. The van der Waals surface area contributed by atoms with Gasteiger partial charge < -0.3 is 10.1 Å². The van der Waals surface area contributed by atoms with Crippen molar-refractivity contribution in [3.8, 4) is 0 Å². The Hall–Kier alpha value is -1.47. The average Bonchev–Trinajstić information content (AvgIpc) is 2.97. The minimum absolute atomic E-state index is 0.127. The molecule has 1 aromatic rings. The molecule has 0 aromatic heterocycles. The molecule has 5 nitrogen and oxygen atoms in total. The Bertz CT molecular complexity index is 609. The van der Waals surface area contributed by atoms with Crippen molar-refractivity contribution in [3.05, 3.63) is 35.6 Å². The SMILES string of the molecule is CC(C(=O)NCc1ccc(F)cc1)S(=O)(=O)CC1CCCO1. The summed E-state index contributed by atoms with van der Waals surface area (Å²) in [6.45, 7) is 2.12. The topological polar surface area (TPSA) is 72.5 Å². The molecule has 0 bridgehead atoms. The third kappa shape index (κ3) is 4.51. The Morgan fingerprint density at radius 2 is 2.09 bits per heavy atom. The standard InChI is InChI=1S/C15H20FNO4S/c1-11(22(19,20)10-14-3-2-8-21-14)15(18)17-9-12-4-6-13(16)7-5-12/h4-7,11,14H,2-3,8-10H2,1H3,(H,17,18). The summed E-state index contributed by atoms with van der Waals surface area (Å²) in [5.41, 5.74) is 0.707. The maximum atomic E-state index is 12.8. The van der Waals surface area contributed by atoms with E-state index >= 15 is 0 Å². The summed E-state index contributed by atoms with van der Waals surface area (Å²) in [4.78, 5) is 12.0. The van der Waals surface area contributed by atoms with Gasteiger partial charge in [-0.1, -0.05) is 12.1 Å². The summed E-state index contributed by atoms with van der Waals surface area (Å²) in [5.74, 6) is -1.04. The first kappa shape index (κ1) is 16.9. The molecule has 1 aromatic carbocycles. The Morgan fingerprint density at radius 1 is 1.41 bits per heavy atom. The van der Waals surface area contributed by atoms with Crippen LogP contribution in [0.2, 0.25) is 0 Å². The van der Waals surface area contributed by atoms with Gasteiger partial charge in [0, 0.05) is 13.2 Å². The van der Waals surface area contributed by atoms with Crippen LogP contribution in [0.15, 0.2) is 24.3 Å². The van der Waals surface area contributed by atoms with Crippen molar-refractivity contribution >= 4 is 15.7 Å². The zero-order valence-electron chi connectivity index (χ0n) is 12.4. The maximum absolute atomic E-state index is 12.8. The van der Waals surface area contributed by atoms with Gasteiger partial charge in [0.05, 0.1) is 11.9 Å². The number of hydrogen-bond donors (Lipinski definition) is 1. The second-order valence-corrected chi connectivity index (χ2v) is 7.82. The molecule has 2 unspecified atom stereocenters. The van der Waals surface area contributed by atoms with E-state index in [0.717, 1.165) is 6.42 Å². The molecule has 1 aliphatic rings. The summed E-state index contributed by atoms with van der Waals surface area (Å²) in [6, 6.07) is 5.67. The lowest BCUT2D eigenvalue weighted by Gasteiger charge is -2.16. The Kier molecular flexibility index (Phi) is 5.52. The van der Waals surface area contributed by atoms with Crippen molar-refractivity contribution < 1.29 is 22.3 Å². The minimum atomic E-state index is -3.55. The van der Waals surface area contributed by atoms with E-state index in [0.29, 0.717) is 18.6 Å². The molecule has 122 valence electrons. The van der Waals surface area contributed by atoms with Crippen molar-refractivity contribution in [1.29, 1.82) is 0 Å². The van der Waals surface area contributed by atoms with Crippen molar-refractivity contribution in [1.82, 2.24) is 5.32 Å².